The van der Waals surface area contributed by atoms with Crippen molar-refractivity contribution in [3.63, 3.8) is 0 Å². The van der Waals surface area contributed by atoms with Gasteiger partial charge < -0.3 is 9.67 Å². The first-order chi connectivity index (χ1) is 12.4. The smallest absolute Gasteiger partial charge is 0.192 e. The third-order valence-corrected chi connectivity index (χ3v) is 5.08. The van der Waals surface area contributed by atoms with Crippen molar-refractivity contribution in [2.24, 2.45) is 0 Å². The second-order valence-electron chi connectivity index (χ2n) is 9.41. The minimum absolute atomic E-state index is 0.0506. The van der Waals surface area contributed by atoms with Crippen molar-refractivity contribution in [3.05, 3.63) is 69.5 Å². The van der Waals surface area contributed by atoms with Crippen LogP contribution in [0, 0.1) is 6.92 Å². The van der Waals surface area contributed by atoms with Crippen molar-refractivity contribution < 1.29 is 5.11 Å². The van der Waals surface area contributed by atoms with Crippen molar-refractivity contribution >= 4 is 10.9 Å². The second kappa shape index (κ2) is 6.26. The molecule has 0 spiro atoms. The molecule has 0 amide bonds. The van der Waals surface area contributed by atoms with Gasteiger partial charge in [0.05, 0.1) is 11.2 Å². The lowest BCUT2D eigenvalue weighted by atomic mass is 9.79. The Morgan fingerprint density at radius 2 is 1.48 bits per heavy atom. The van der Waals surface area contributed by atoms with E-state index in [-0.39, 0.29) is 22.0 Å². The van der Waals surface area contributed by atoms with E-state index in [4.69, 9.17) is 0 Å². The second-order valence-corrected chi connectivity index (χ2v) is 9.41. The molecule has 27 heavy (non-hydrogen) atoms. The topological polar surface area (TPSA) is 42.2 Å². The molecule has 3 nitrogen and oxygen atoms in total. The minimum atomic E-state index is -0.163. The molecule has 3 aromatic rings. The number of aryl methyl sites for hydroxylation is 1. The number of para-hydroxylation sites is 1. The summed E-state index contributed by atoms with van der Waals surface area (Å²) < 4.78 is 2.04. The summed E-state index contributed by atoms with van der Waals surface area (Å²) in [7, 11) is 0. The number of phenolic OH excluding ortho intramolecular Hbond substituents is 1. The fourth-order valence-electron chi connectivity index (χ4n) is 3.59. The van der Waals surface area contributed by atoms with Crippen molar-refractivity contribution in [3.8, 4) is 11.4 Å². The Morgan fingerprint density at radius 1 is 0.889 bits per heavy atom. The fraction of sp³-hybridized carbons (Fsp3) is 0.375. The molecule has 3 heteroatoms. The largest absolute Gasteiger partial charge is 0.508 e. The number of hydrogen-bond donors (Lipinski definition) is 1. The van der Waals surface area contributed by atoms with Gasteiger partial charge in [0.25, 0.3) is 0 Å². The molecular formula is C24H29NO2. The number of nitrogens with zero attached hydrogens (tertiary/aromatic N) is 1. The number of fused-ring (bicyclic) bond motifs is 1. The van der Waals surface area contributed by atoms with Crippen LogP contribution >= 0.6 is 0 Å². The lowest BCUT2D eigenvalue weighted by Gasteiger charge is -2.29. The molecule has 1 aromatic heterocycles. The maximum Gasteiger partial charge on any atom is 0.192 e. The van der Waals surface area contributed by atoms with Gasteiger partial charge in [-0.15, -0.1) is 0 Å². The Morgan fingerprint density at radius 3 is 2.07 bits per heavy atom. The molecule has 0 aliphatic carbocycles. The quantitative estimate of drug-likeness (QED) is 0.611. The van der Waals surface area contributed by atoms with E-state index in [0.29, 0.717) is 10.9 Å². The number of benzene rings is 2. The zero-order valence-corrected chi connectivity index (χ0v) is 17.3. The molecular weight excluding hydrogens is 334 g/mol. The number of aromatic nitrogens is 1. The molecule has 0 aliphatic rings. The zero-order chi connectivity index (χ0) is 20.1. The summed E-state index contributed by atoms with van der Waals surface area (Å²) in [5.74, 6) is 0.283. The molecule has 0 saturated heterocycles. The molecule has 3 rings (SSSR count). The highest BCUT2D eigenvalue weighted by atomic mass is 16.3. The maximum atomic E-state index is 12.6. The Labute approximate surface area is 161 Å². The van der Waals surface area contributed by atoms with E-state index in [2.05, 4.69) is 47.6 Å². The van der Waals surface area contributed by atoms with Gasteiger partial charge >= 0.3 is 0 Å². The number of aromatic hydroxyl groups is 1. The molecule has 0 atom stereocenters. The number of pyridine rings is 1. The van der Waals surface area contributed by atoms with Crippen LogP contribution in [0.25, 0.3) is 16.6 Å². The van der Waals surface area contributed by atoms with Gasteiger partial charge in [0, 0.05) is 23.2 Å². The molecule has 1 heterocycles. The summed E-state index contributed by atoms with van der Waals surface area (Å²) in [6.07, 6.45) is 1.88. The zero-order valence-electron chi connectivity index (χ0n) is 17.3. The van der Waals surface area contributed by atoms with E-state index in [1.807, 2.05) is 48.0 Å². The molecule has 0 unspecified atom stereocenters. The normalized spacial score (nSPS) is 12.6. The fourth-order valence-corrected chi connectivity index (χ4v) is 3.59. The van der Waals surface area contributed by atoms with Crippen LogP contribution in [0.5, 0.6) is 5.75 Å². The van der Waals surface area contributed by atoms with Gasteiger partial charge in [0.2, 0.25) is 0 Å². The van der Waals surface area contributed by atoms with Gasteiger partial charge in [-0.3, -0.25) is 4.79 Å². The highest BCUT2D eigenvalue weighted by Crippen LogP contribution is 2.39. The molecule has 2 aromatic carbocycles. The third-order valence-electron chi connectivity index (χ3n) is 5.08. The predicted octanol–water partition coefficient (Wildman–Crippen LogP) is 5.60. The van der Waals surface area contributed by atoms with Gasteiger partial charge in [-0.2, -0.15) is 0 Å². The summed E-state index contributed by atoms with van der Waals surface area (Å²) >= 11 is 0. The predicted molar refractivity (Wildman–Crippen MR) is 113 cm³/mol. The lowest BCUT2D eigenvalue weighted by Crippen LogP contribution is -2.20. The lowest BCUT2D eigenvalue weighted by molar-refractivity contribution is 0.444. The van der Waals surface area contributed by atoms with Crippen LogP contribution in [0.15, 0.2) is 47.4 Å². The van der Waals surface area contributed by atoms with Gasteiger partial charge in [-0.05, 0) is 47.1 Å². The van der Waals surface area contributed by atoms with Crippen LogP contribution in [0.3, 0.4) is 0 Å². The average Bonchev–Trinajstić information content (AvgIpc) is 2.55. The van der Waals surface area contributed by atoms with Crippen LogP contribution in [0.1, 0.15) is 58.2 Å². The molecule has 1 N–H and O–H groups in total. The van der Waals surface area contributed by atoms with E-state index >= 15 is 0 Å². The van der Waals surface area contributed by atoms with Crippen LogP contribution < -0.4 is 5.43 Å². The highest BCUT2D eigenvalue weighted by Gasteiger charge is 2.26. The maximum absolute atomic E-state index is 12.6. The number of rotatable bonds is 1. The van der Waals surface area contributed by atoms with Gasteiger partial charge in [-0.25, -0.2) is 0 Å². The van der Waals surface area contributed by atoms with E-state index in [0.717, 1.165) is 22.3 Å². The van der Waals surface area contributed by atoms with E-state index < -0.39 is 0 Å². The Kier molecular flexibility index (Phi) is 4.46. The number of phenols is 1. The summed E-state index contributed by atoms with van der Waals surface area (Å²) in [6, 6.07) is 11.6. The van der Waals surface area contributed by atoms with Crippen molar-refractivity contribution in [2.45, 2.75) is 59.3 Å². The highest BCUT2D eigenvalue weighted by molar-refractivity contribution is 5.81. The third kappa shape index (κ3) is 3.39. The monoisotopic (exact) mass is 363 g/mol. The molecule has 0 radical (unpaired) electrons. The summed E-state index contributed by atoms with van der Waals surface area (Å²) in [5, 5.41) is 11.5. The van der Waals surface area contributed by atoms with Crippen LogP contribution in [0.2, 0.25) is 0 Å². The van der Waals surface area contributed by atoms with Crippen molar-refractivity contribution in [1.29, 1.82) is 0 Å². The van der Waals surface area contributed by atoms with Gasteiger partial charge in [-0.1, -0.05) is 53.7 Å². The summed E-state index contributed by atoms with van der Waals surface area (Å²) in [5.41, 5.74) is 4.28. The Bertz CT molecular complexity index is 1080. The van der Waals surface area contributed by atoms with Gasteiger partial charge in [0.15, 0.2) is 5.43 Å². The molecule has 0 saturated carbocycles. The van der Waals surface area contributed by atoms with Crippen molar-refractivity contribution in [1.82, 2.24) is 4.57 Å². The van der Waals surface area contributed by atoms with Crippen molar-refractivity contribution in [2.75, 3.05) is 0 Å². The minimum Gasteiger partial charge on any atom is -0.508 e. The Balaban J connectivity index is 2.46. The SMILES string of the molecule is Cc1cn(-c2cc(O)c(C(C)(C)C)cc2C(C)(C)C)c2ccccc2c1=O. The summed E-state index contributed by atoms with van der Waals surface area (Å²) in [4.78, 5) is 12.6. The first-order valence-electron chi connectivity index (χ1n) is 9.40. The summed E-state index contributed by atoms with van der Waals surface area (Å²) in [6.45, 7) is 14.7. The molecule has 0 aliphatic heterocycles. The molecule has 142 valence electrons. The van der Waals surface area contributed by atoms with E-state index in [1.54, 1.807) is 0 Å². The first kappa shape index (κ1) is 19.2. The van der Waals surface area contributed by atoms with E-state index in [1.165, 1.54) is 0 Å². The van der Waals surface area contributed by atoms with E-state index in [9.17, 15) is 9.90 Å². The van der Waals surface area contributed by atoms with Crippen LogP contribution in [-0.2, 0) is 10.8 Å². The number of hydrogen-bond acceptors (Lipinski definition) is 2. The van der Waals surface area contributed by atoms with Gasteiger partial charge in [0.1, 0.15) is 5.75 Å². The first-order valence-corrected chi connectivity index (χ1v) is 9.40. The molecule has 0 bridgehead atoms. The Hall–Kier alpha value is -2.55. The standard InChI is InChI=1S/C24H29NO2/c1-15-14-25(19-11-9-8-10-16(19)22(15)27)20-13-21(26)18(24(5,6)7)12-17(20)23(2,3)4/h8-14,26H,1-7H3. The van der Waals surface area contributed by atoms with Crippen LogP contribution in [-0.4, -0.2) is 9.67 Å². The van der Waals surface area contributed by atoms with Crippen LogP contribution in [0.4, 0.5) is 0 Å². The molecule has 0 fully saturated rings. The average molecular weight is 364 g/mol.